The molecule has 1 saturated heterocycles. The molecule has 0 saturated carbocycles. The van der Waals surface area contributed by atoms with E-state index >= 15 is 0 Å². The highest BCUT2D eigenvalue weighted by Crippen LogP contribution is 2.30. The fourth-order valence-corrected chi connectivity index (χ4v) is 3.39. The molecule has 0 bridgehead atoms. The van der Waals surface area contributed by atoms with E-state index in [1.54, 1.807) is 0 Å². The maximum Gasteiger partial charge on any atom is 0.221 e. The zero-order valence-electron chi connectivity index (χ0n) is 11.8. The number of benzene rings is 1. The van der Waals surface area contributed by atoms with Gasteiger partial charge in [0, 0.05) is 30.5 Å². The van der Waals surface area contributed by atoms with E-state index in [1.807, 2.05) is 36.0 Å². The SMILES string of the molecule is O=C(CC1CSCCN1)NCC1COc2ccccc2O1. The first-order valence-electron chi connectivity index (χ1n) is 7.27. The molecule has 6 heteroatoms. The Morgan fingerprint density at radius 3 is 3.05 bits per heavy atom. The fraction of sp³-hybridized carbons (Fsp3) is 0.533. The van der Waals surface area contributed by atoms with Crippen LogP contribution in [0.3, 0.4) is 0 Å². The summed E-state index contributed by atoms with van der Waals surface area (Å²) in [7, 11) is 0. The number of ether oxygens (including phenoxy) is 2. The highest BCUT2D eigenvalue weighted by Gasteiger charge is 2.22. The maximum atomic E-state index is 11.9. The van der Waals surface area contributed by atoms with Crippen LogP contribution < -0.4 is 20.1 Å². The minimum atomic E-state index is -0.127. The largest absolute Gasteiger partial charge is 0.486 e. The summed E-state index contributed by atoms with van der Waals surface area (Å²) in [5.74, 6) is 3.71. The van der Waals surface area contributed by atoms with Gasteiger partial charge in [-0.3, -0.25) is 4.79 Å². The molecule has 5 nitrogen and oxygen atoms in total. The zero-order chi connectivity index (χ0) is 14.5. The first kappa shape index (κ1) is 14.5. The van der Waals surface area contributed by atoms with Crippen molar-refractivity contribution < 1.29 is 14.3 Å². The Morgan fingerprint density at radius 1 is 1.38 bits per heavy atom. The lowest BCUT2D eigenvalue weighted by Gasteiger charge is -2.27. The zero-order valence-corrected chi connectivity index (χ0v) is 12.7. The van der Waals surface area contributed by atoms with Crippen LogP contribution in [0.4, 0.5) is 0 Å². The number of hydrogen-bond acceptors (Lipinski definition) is 5. The molecule has 21 heavy (non-hydrogen) atoms. The molecular formula is C15H20N2O3S. The Bertz CT molecular complexity index is 492. The van der Waals surface area contributed by atoms with Crippen molar-refractivity contribution in [3.05, 3.63) is 24.3 Å². The van der Waals surface area contributed by atoms with Crippen LogP contribution in [-0.2, 0) is 4.79 Å². The second-order valence-corrected chi connectivity index (χ2v) is 6.38. The van der Waals surface area contributed by atoms with Crippen molar-refractivity contribution in [2.45, 2.75) is 18.6 Å². The van der Waals surface area contributed by atoms with E-state index in [1.165, 1.54) is 0 Å². The Kier molecular flexibility index (Phi) is 4.87. The number of carbonyl (C=O) groups excluding carboxylic acids is 1. The van der Waals surface area contributed by atoms with Crippen molar-refractivity contribution in [3.8, 4) is 11.5 Å². The third-order valence-electron chi connectivity index (χ3n) is 3.52. The van der Waals surface area contributed by atoms with Crippen molar-refractivity contribution in [2.24, 2.45) is 0 Å². The van der Waals surface area contributed by atoms with Gasteiger partial charge >= 0.3 is 0 Å². The lowest BCUT2D eigenvalue weighted by Crippen LogP contribution is -2.44. The molecule has 3 rings (SSSR count). The minimum Gasteiger partial charge on any atom is -0.486 e. The quantitative estimate of drug-likeness (QED) is 0.870. The molecule has 2 aliphatic heterocycles. The minimum absolute atomic E-state index is 0.0671. The number of para-hydroxylation sites is 2. The van der Waals surface area contributed by atoms with Gasteiger partial charge in [-0.2, -0.15) is 11.8 Å². The fourth-order valence-electron chi connectivity index (χ4n) is 2.44. The van der Waals surface area contributed by atoms with Gasteiger partial charge in [0.05, 0.1) is 6.54 Å². The number of fused-ring (bicyclic) bond motifs is 1. The molecule has 1 fully saturated rings. The van der Waals surface area contributed by atoms with Gasteiger partial charge in [-0.05, 0) is 12.1 Å². The normalized spacial score (nSPS) is 24.4. The smallest absolute Gasteiger partial charge is 0.221 e. The third-order valence-corrected chi connectivity index (χ3v) is 4.66. The van der Waals surface area contributed by atoms with Crippen LogP contribution in [0.15, 0.2) is 24.3 Å². The maximum absolute atomic E-state index is 11.9. The number of thioether (sulfide) groups is 1. The standard InChI is InChI=1S/C15H20N2O3S/c18-15(7-11-10-21-6-5-16-11)17-8-12-9-19-13-3-1-2-4-14(13)20-12/h1-4,11-12,16H,5-10H2,(H,17,18). The second-order valence-electron chi connectivity index (χ2n) is 5.23. The average molecular weight is 308 g/mol. The Hall–Kier alpha value is -1.40. The Morgan fingerprint density at radius 2 is 2.24 bits per heavy atom. The summed E-state index contributed by atoms with van der Waals surface area (Å²) in [6.07, 6.45) is 0.398. The monoisotopic (exact) mass is 308 g/mol. The molecule has 2 N–H and O–H groups in total. The van der Waals surface area contributed by atoms with Gasteiger partial charge in [0.1, 0.15) is 12.7 Å². The van der Waals surface area contributed by atoms with E-state index in [0.29, 0.717) is 19.6 Å². The molecule has 1 amide bonds. The van der Waals surface area contributed by atoms with E-state index in [2.05, 4.69) is 10.6 Å². The molecule has 2 unspecified atom stereocenters. The molecule has 0 radical (unpaired) electrons. The Labute approximate surface area is 128 Å². The molecule has 1 aromatic carbocycles. The van der Waals surface area contributed by atoms with Gasteiger partial charge in [0.2, 0.25) is 5.91 Å². The molecule has 2 atom stereocenters. The van der Waals surface area contributed by atoms with Crippen molar-refractivity contribution in [1.82, 2.24) is 10.6 Å². The molecular weight excluding hydrogens is 288 g/mol. The molecule has 1 aromatic rings. The first-order valence-corrected chi connectivity index (χ1v) is 8.43. The van der Waals surface area contributed by atoms with Crippen molar-refractivity contribution in [3.63, 3.8) is 0 Å². The highest BCUT2D eigenvalue weighted by atomic mass is 32.2. The predicted molar refractivity (Wildman–Crippen MR) is 83.1 cm³/mol. The predicted octanol–water partition coefficient (Wildman–Crippen LogP) is 1.04. The van der Waals surface area contributed by atoms with E-state index in [0.717, 1.165) is 29.5 Å². The Balaban J connectivity index is 1.42. The number of amides is 1. The lowest BCUT2D eigenvalue weighted by molar-refractivity contribution is -0.122. The molecule has 2 aliphatic rings. The molecule has 2 heterocycles. The van der Waals surface area contributed by atoms with Crippen LogP contribution >= 0.6 is 11.8 Å². The summed E-state index contributed by atoms with van der Waals surface area (Å²) < 4.78 is 11.4. The molecule has 0 spiro atoms. The van der Waals surface area contributed by atoms with Gasteiger partial charge in [-0.15, -0.1) is 0 Å². The summed E-state index contributed by atoms with van der Waals surface area (Å²) in [5, 5.41) is 6.30. The van der Waals surface area contributed by atoms with Crippen LogP contribution in [0.5, 0.6) is 11.5 Å². The topological polar surface area (TPSA) is 59.6 Å². The summed E-state index contributed by atoms with van der Waals surface area (Å²) in [4.78, 5) is 11.9. The summed E-state index contributed by atoms with van der Waals surface area (Å²) >= 11 is 1.90. The van der Waals surface area contributed by atoms with Gasteiger partial charge in [0.25, 0.3) is 0 Å². The third kappa shape index (κ3) is 4.04. The number of carbonyl (C=O) groups is 1. The lowest BCUT2D eigenvalue weighted by atomic mass is 10.2. The van der Waals surface area contributed by atoms with Crippen LogP contribution in [0.25, 0.3) is 0 Å². The highest BCUT2D eigenvalue weighted by molar-refractivity contribution is 7.99. The average Bonchev–Trinajstić information content (AvgIpc) is 2.54. The number of rotatable bonds is 4. The van der Waals surface area contributed by atoms with E-state index in [9.17, 15) is 4.79 Å². The molecule has 114 valence electrons. The summed E-state index contributed by atoms with van der Waals surface area (Å²) in [6.45, 7) is 1.93. The van der Waals surface area contributed by atoms with Gasteiger partial charge in [-0.1, -0.05) is 12.1 Å². The van der Waals surface area contributed by atoms with E-state index in [-0.39, 0.29) is 18.1 Å². The first-order chi connectivity index (χ1) is 10.3. The summed E-state index contributed by atoms with van der Waals surface area (Å²) in [6, 6.07) is 7.88. The van der Waals surface area contributed by atoms with E-state index in [4.69, 9.17) is 9.47 Å². The summed E-state index contributed by atoms with van der Waals surface area (Å²) in [5.41, 5.74) is 0. The van der Waals surface area contributed by atoms with Crippen LogP contribution in [0.2, 0.25) is 0 Å². The van der Waals surface area contributed by atoms with Crippen LogP contribution in [0.1, 0.15) is 6.42 Å². The van der Waals surface area contributed by atoms with Crippen LogP contribution in [0, 0.1) is 0 Å². The van der Waals surface area contributed by atoms with Gasteiger partial charge in [0.15, 0.2) is 11.5 Å². The molecule has 0 aromatic heterocycles. The number of hydrogen-bond donors (Lipinski definition) is 2. The van der Waals surface area contributed by atoms with Crippen LogP contribution in [-0.4, -0.2) is 49.3 Å². The molecule has 0 aliphatic carbocycles. The van der Waals surface area contributed by atoms with Gasteiger partial charge in [-0.25, -0.2) is 0 Å². The van der Waals surface area contributed by atoms with Crippen molar-refractivity contribution in [1.29, 1.82) is 0 Å². The van der Waals surface area contributed by atoms with E-state index < -0.39 is 0 Å². The van der Waals surface area contributed by atoms with Gasteiger partial charge < -0.3 is 20.1 Å². The van der Waals surface area contributed by atoms with Crippen molar-refractivity contribution in [2.75, 3.05) is 31.2 Å². The van der Waals surface area contributed by atoms with Crippen molar-refractivity contribution >= 4 is 17.7 Å². The number of nitrogens with one attached hydrogen (secondary N) is 2. The second kappa shape index (κ2) is 7.04.